The zero-order valence-corrected chi connectivity index (χ0v) is 13.4. The van der Waals surface area contributed by atoms with Crippen LogP contribution in [-0.4, -0.2) is 25.7 Å². The van der Waals surface area contributed by atoms with Crippen LogP contribution in [0.15, 0.2) is 54.9 Å². The van der Waals surface area contributed by atoms with Crippen molar-refractivity contribution in [2.24, 2.45) is 0 Å². The SMILES string of the molecule is O=C(NCc1cccc(F)c1F)c1cnn(-c2nc3ccccc3[nH]2)c1. The Bertz CT molecular complexity index is 1070. The van der Waals surface area contributed by atoms with Gasteiger partial charge < -0.3 is 10.3 Å². The molecule has 1 amide bonds. The van der Waals surface area contributed by atoms with Crippen molar-refractivity contribution in [3.05, 3.63) is 77.6 Å². The predicted octanol–water partition coefficient (Wildman–Crippen LogP) is 2.96. The van der Waals surface area contributed by atoms with Crippen LogP contribution in [0.3, 0.4) is 0 Å². The van der Waals surface area contributed by atoms with Gasteiger partial charge >= 0.3 is 0 Å². The summed E-state index contributed by atoms with van der Waals surface area (Å²) in [6.45, 7) is -0.127. The van der Waals surface area contributed by atoms with E-state index in [1.165, 1.54) is 29.2 Å². The summed E-state index contributed by atoms with van der Waals surface area (Å²) in [5.74, 6) is -1.89. The van der Waals surface area contributed by atoms with Gasteiger partial charge in [-0.25, -0.2) is 18.4 Å². The Kier molecular flexibility index (Phi) is 3.92. The first kappa shape index (κ1) is 15.9. The summed E-state index contributed by atoms with van der Waals surface area (Å²) in [7, 11) is 0. The summed E-state index contributed by atoms with van der Waals surface area (Å²) >= 11 is 0. The third-order valence-electron chi connectivity index (χ3n) is 3.91. The van der Waals surface area contributed by atoms with Crippen molar-refractivity contribution < 1.29 is 13.6 Å². The number of nitrogens with zero attached hydrogens (tertiary/aromatic N) is 3. The molecule has 0 unspecified atom stereocenters. The molecule has 4 rings (SSSR count). The van der Waals surface area contributed by atoms with E-state index in [4.69, 9.17) is 0 Å². The molecular weight excluding hydrogens is 340 g/mol. The number of para-hydroxylation sites is 2. The van der Waals surface area contributed by atoms with E-state index in [1.807, 2.05) is 24.3 Å². The number of rotatable bonds is 4. The first-order valence-electron chi connectivity index (χ1n) is 7.83. The van der Waals surface area contributed by atoms with Gasteiger partial charge in [0.05, 0.1) is 22.8 Å². The molecule has 0 bridgehead atoms. The molecule has 0 aliphatic rings. The van der Waals surface area contributed by atoms with Crippen LogP contribution < -0.4 is 5.32 Å². The molecule has 130 valence electrons. The lowest BCUT2D eigenvalue weighted by Crippen LogP contribution is -2.23. The van der Waals surface area contributed by atoms with Gasteiger partial charge in [-0.3, -0.25) is 4.79 Å². The molecule has 0 aliphatic heterocycles. The lowest BCUT2D eigenvalue weighted by Gasteiger charge is -2.05. The summed E-state index contributed by atoms with van der Waals surface area (Å²) in [5.41, 5.74) is 1.99. The van der Waals surface area contributed by atoms with E-state index in [0.29, 0.717) is 5.95 Å². The van der Waals surface area contributed by atoms with Crippen LogP contribution in [0.5, 0.6) is 0 Å². The van der Waals surface area contributed by atoms with Crippen molar-refractivity contribution in [2.75, 3.05) is 0 Å². The number of carbonyl (C=O) groups is 1. The number of halogens is 2. The third kappa shape index (κ3) is 2.92. The molecule has 0 saturated heterocycles. The number of carbonyl (C=O) groups excluding carboxylic acids is 1. The van der Waals surface area contributed by atoms with Gasteiger partial charge in [0.2, 0.25) is 5.95 Å². The molecule has 0 saturated carbocycles. The highest BCUT2D eigenvalue weighted by Gasteiger charge is 2.13. The summed E-state index contributed by atoms with van der Waals surface area (Å²) in [6.07, 6.45) is 2.89. The van der Waals surface area contributed by atoms with Crippen LogP contribution in [0.4, 0.5) is 8.78 Å². The van der Waals surface area contributed by atoms with Gasteiger partial charge in [-0.15, -0.1) is 0 Å². The minimum atomic E-state index is -0.967. The number of H-pyrrole nitrogens is 1. The molecule has 2 aromatic heterocycles. The van der Waals surface area contributed by atoms with Crippen LogP contribution in [-0.2, 0) is 6.54 Å². The molecule has 0 atom stereocenters. The molecular formula is C18H13F2N5O. The number of nitrogens with one attached hydrogen (secondary N) is 2. The Morgan fingerprint density at radius 2 is 2.00 bits per heavy atom. The molecule has 2 heterocycles. The molecule has 4 aromatic rings. The topological polar surface area (TPSA) is 75.6 Å². The first-order valence-corrected chi connectivity index (χ1v) is 7.83. The Labute approximate surface area is 146 Å². The van der Waals surface area contributed by atoms with Gasteiger partial charge in [-0.05, 0) is 18.2 Å². The molecule has 0 radical (unpaired) electrons. The van der Waals surface area contributed by atoms with E-state index >= 15 is 0 Å². The minimum absolute atomic E-state index is 0.0722. The molecule has 2 N–H and O–H groups in total. The Balaban J connectivity index is 1.50. The Morgan fingerprint density at radius 1 is 1.15 bits per heavy atom. The van der Waals surface area contributed by atoms with Gasteiger partial charge in [-0.2, -0.15) is 5.10 Å². The van der Waals surface area contributed by atoms with Crippen molar-refractivity contribution in [1.82, 2.24) is 25.1 Å². The van der Waals surface area contributed by atoms with E-state index in [2.05, 4.69) is 20.4 Å². The average Bonchev–Trinajstić information content (AvgIpc) is 3.29. The molecule has 0 spiro atoms. The smallest absolute Gasteiger partial charge is 0.254 e. The van der Waals surface area contributed by atoms with E-state index in [0.717, 1.165) is 17.1 Å². The standard InChI is InChI=1S/C18H13F2N5O/c19-13-5-3-4-11(16(13)20)8-21-17(26)12-9-22-25(10-12)18-23-14-6-1-2-7-15(14)24-18/h1-7,9-10H,8H2,(H,21,26)(H,23,24). The number of hydrogen-bond acceptors (Lipinski definition) is 3. The van der Waals surface area contributed by atoms with Crippen LogP contribution in [0, 0.1) is 11.6 Å². The minimum Gasteiger partial charge on any atom is -0.348 e. The number of benzene rings is 2. The molecule has 8 heteroatoms. The van der Waals surface area contributed by atoms with Gasteiger partial charge in [0, 0.05) is 18.3 Å². The van der Waals surface area contributed by atoms with Crippen LogP contribution in [0.25, 0.3) is 17.0 Å². The van der Waals surface area contributed by atoms with E-state index in [-0.39, 0.29) is 17.7 Å². The van der Waals surface area contributed by atoms with Gasteiger partial charge in [0.25, 0.3) is 5.91 Å². The number of fused-ring (bicyclic) bond motifs is 1. The average molecular weight is 353 g/mol. The summed E-state index contributed by atoms with van der Waals surface area (Å²) in [5, 5.41) is 6.66. The number of aromatic amines is 1. The van der Waals surface area contributed by atoms with Crippen molar-refractivity contribution in [3.8, 4) is 5.95 Å². The maximum Gasteiger partial charge on any atom is 0.254 e. The van der Waals surface area contributed by atoms with Crippen molar-refractivity contribution >= 4 is 16.9 Å². The maximum atomic E-state index is 13.6. The van der Waals surface area contributed by atoms with Crippen LogP contribution >= 0.6 is 0 Å². The van der Waals surface area contributed by atoms with Crippen molar-refractivity contribution in [1.29, 1.82) is 0 Å². The van der Waals surface area contributed by atoms with Crippen molar-refractivity contribution in [3.63, 3.8) is 0 Å². The number of amides is 1. The van der Waals surface area contributed by atoms with Crippen molar-refractivity contribution in [2.45, 2.75) is 6.54 Å². The second-order valence-electron chi connectivity index (χ2n) is 5.65. The zero-order valence-electron chi connectivity index (χ0n) is 13.4. The van der Waals surface area contributed by atoms with E-state index in [9.17, 15) is 13.6 Å². The lowest BCUT2D eigenvalue weighted by atomic mass is 10.2. The molecule has 0 aliphatic carbocycles. The van der Waals surface area contributed by atoms with Crippen LogP contribution in [0.1, 0.15) is 15.9 Å². The van der Waals surface area contributed by atoms with E-state index < -0.39 is 17.5 Å². The van der Waals surface area contributed by atoms with Gasteiger partial charge in [0.15, 0.2) is 11.6 Å². The fourth-order valence-corrected chi connectivity index (χ4v) is 2.57. The maximum absolute atomic E-state index is 13.6. The van der Waals surface area contributed by atoms with Crippen LogP contribution in [0.2, 0.25) is 0 Å². The highest BCUT2D eigenvalue weighted by atomic mass is 19.2. The highest BCUT2D eigenvalue weighted by molar-refractivity contribution is 5.93. The fraction of sp³-hybridized carbons (Fsp3) is 0.0556. The third-order valence-corrected chi connectivity index (χ3v) is 3.91. The molecule has 26 heavy (non-hydrogen) atoms. The summed E-state index contributed by atoms with van der Waals surface area (Å²) < 4.78 is 28.3. The lowest BCUT2D eigenvalue weighted by molar-refractivity contribution is 0.0950. The molecule has 0 fully saturated rings. The zero-order chi connectivity index (χ0) is 18.1. The number of imidazole rings is 1. The second-order valence-corrected chi connectivity index (χ2v) is 5.65. The Morgan fingerprint density at radius 3 is 2.85 bits per heavy atom. The Hall–Kier alpha value is -3.55. The quantitative estimate of drug-likeness (QED) is 0.592. The fourth-order valence-electron chi connectivity index (χ4n) is 2.57. The summed E-state index contributed by atoms with van der Waals surface area (Å²) in [6, 6.07) is 11.3. The first-order chi connectivity index (χ1) is 12.6. The largest absolute Gasteiger partial charge is 0.348 e. The molecule has 6 nitrogen and oxygen atoms in total. The predicted molar refractivity (Wildman–Crippen MR) is 90.7 cm³/mol. The highest BCUT2D eigenvalue weighted by Crippen LogP contribution is 2.14. The normalized spacial score (nSPS) is 11.0. The van der Waals surface area contributed by atoms with E-state index in [1.54, 1.807) is 0 Å². The van der Waals surface area contributed by atoms with Gasteiger partial charge in [0.1, 0.15) is 0 Å². The monoisotopic (exact) mass is 353 g/mol. The summed E-state index contributed by atoms with van der Waals surface area (Å²) in [4.78, 5) is 19.7. The number of aromatic nitrogens is 4. The van der Waals surface area contributed by atoms with Gasteiger partial charge in [-0.1, -0.05) is 24.3 Å². The number of hydrogen-bond donors (Lipinski definition) is 2. The molecule has 2 aromatic carbocycles. The second kappa shape index (κ2) is 6.40.